The van der Waals surface area contributed by atoms with Crippen molar-refractivity contribution in [3.8, 4) is 0 Å². The first-order valence-electron chi connectivity index (χ1n) is 15.4. The monoisotopic (exact) mass is 534 g/mol. The minimum atomic E-state index is -0.396. The predicted octanol–water partition coefficient (Wildman–Crippen LogP) is 8.36. The first-order valence-corrected chi connectivity index (χ1v) is 16.4. The summed E-state index contributed by atoms with van der Waals surface area (Å²) in [6, 6.07) is 0. The minimum absolute atomic E-state index is 0.316. The maximum absolute atomic E-state index is 12.7. The van der Waals surface area contributed by atoms with Crippen LogP contribution in [0.1, 0.15) is 142 Å². The smallest absolute Gasteiger partial charge is 0.313 e. The summed E-state index contributed by atoms with van der Waals surface area (Å²) < 4.78 is 3.54. The fraction of sp³-hybridized carbons (Fsp3) is 0.833. The molecule has 0 aliphatic heterocycles. The highest BCUT2D eigenvalue weighted by molar-refractivity contribution is 7.99. The number of fused-ring (bicyclic) bond motifs is 1. The van der Waals surface area contributed by atoms with E-state index in [2.05, 4.69) is 23.4 Å². The third-order valence-corrected chi connectivity index (χ3v) is 8.50. The highest BCUT2D eigenvalue weighted by atomic mass is 32.2. The average molecular weight is 535 g/mol. The quantitative estimate of drug-likeness (QED) is 0.115. The standard InChI is InChI=1S/C30H54N4O2S/c1-4-6-8-10-12-14-16-18-20-22-24-34-26-27(33(3)29(36)32-28(26)35)31-30(34)37-25-23-21-19-17-15-13-11-9-7-5-2/h4-25H2,1-3H3,(H,32,35,36). The number of aryl methyl sites for hydroxylation is 2. The molecule has 0 aliphatic rings. The summed E-state index contributed by atoms with van der Waals surface area (Å²) in [6.45, 7) is 5.32. The molecule has 0 saturated carbocycles. The van der Waals surface area contributed by atoms with Crippen LogP contribution < -0.4 is 11.2 Å². The molecule has 1 N–H and O–H groups in total. The van der Waals surface area contributed by atoms with Gasteiger partial charge >= 0.3 is 5.69 Å². The van der Waals surface area contributed by atoms with Crippen LogP contribution in [-0.4, -0.2) is 24.9 Å². The third kappa shape index (κ3) is 11.8. The molecule has 0 unspecified atom stereocenters. The molecule has 2 heterocycles. The van der Waals surface area contributed by atoms with E-state index < -0.39 is 5.69 Å². The van der Waals surface area contributed by atoms with Crippen LogP contribution in [0.4, 0.5) is 0 Å². The molecule has 2 aromatic rings. The van der Waals surface area contributed by atoms with Gasteiger partial charge in [-0.25, -0.2) is 9.78 Å². The number of imidazole rings is 1. The van der Waals surface area contributed by atoms with Gasteiger partial charge in [0.1, 0.15) is 0 Å². The fourth-order valence-corrected chi connectivity index (χ4v) is 6.06. The van der Waals surface area contributed by atoms with Crippen molar-refractivity contribution < 1.29 is 0 Å². The van der Waals surface area contributed by atoms with Gasteiger partial charge in [0, 0.05) is 19.3 Å². The molecule has 0 aromatic carbocycles. The molecule has 2 aromatic heterocycles. The van der Waals surface area contributed by atoms with Crippen molar-refractivity contribution in [1.29, 1.82) is 0 Å². The van der Waals surface area contributed by atoms with Crippen molar-refractivity contribution in [2.45, 2.75) is 154 Å². The van der Waals surface area contributed by atoms with Gasteiger partial charge < -0.3 is 4.57 Å². The van der Waals surface area contributed by atoms with E-state index in [0.29, 0.717) is 11.2 Å². The summed E-state index contributed by atoms with van der Waals surface area (Å²) in [7, 11) is 1.69. The molecule has 0 spiro atoms. The second-order valence-electron chi connectivity index (χ2n) is 10.7. The molecule has 0 bridgehead atoms. The number of nitrogens with one attached hydrogen (secondary N) is 1. The van der Waals surface area contributed by atoms with E-state index in [1.165, 1.54) is 120 Å². The van der Waals surface area contributed by atoms with Gasteiger partial charge in [0.05, 0.1) is 0 Å². The van der Waals surface area contributed by atoms with E-state index in [4.69, 9.17) is 4.98 Å². The molecule has 6 nitrogen and oxygen atoms in total. The zero-order chi connectivity index (χ0) is 26.7. The van der Waals surface area contributed by atoms with Crippen LogP contribution in [0.5, 0.6) is 0 Å². The van der Waals surface area contributed by atoms with Gasteiger partial charge in [-0.1, -0.05) is 141 Å². The first kappa shape index (κ1) is 31.7. The van der Waals surface area contributed by atoms with Crippen LogP contribution in [-0.2, 0) is 13.6 Å². The summed E-state index contributed by atoms with van der Waals surface area (Å²) in [4.78, 5) is 32.0. The predicted molar refractivity (Wildman–Crippen MR) is 160 cm³/mol. The summed E-state index contributed by atoms with van der Waals surface area (Å²) in [5.74, 6) is 1.00. The highest BCUT2D eigenvalue weighted by Crippen LogP contribution is 2.24. The number of rotatable bonds is 23. The Hall–Kier alpha value is -1.50. The summed E-state index contributed by atoms with van der Waals surface area (Å²) in [6.07, 6.45) is 26.1. The molecule has 212 valence electrons. The van der Waals surface area contributed by atoms with Crippen LogP contribution in [0.15, 0.2) is 14.7 Å². The van der Waals surface area contributed by atoms with E-state index >= 15 is 0 Å². The van der Waals surface area contributed by atoms with Crippen LogP contribution >= 0.6 is 11.8 Å². The van der Waals surface area contributed by atoms with Gasteiger partial charge in [0.15, 0.2) is 16.3 Å². The molecular weight excluding hydrogens is 480 g/mol. The number of hydrogen-bond acceptors (Lipinski definition) is 4. The summed E-state index contributed by atoms with van der Waals surface area (Å²) in [5, 5.41) is 0.883. The SMILES string of the molecule is CCCCCCCCCCCCSc1nc2c(c(=O)[nH]c(=O)n2C)n1CCCCCCCCCCCC. The fourth-order valence-electron chi connectivity index (χ4n) is 5.04. The first-order chi connectivity index (χ1) is 18.1. The third-order valence-electron chi connectivity index (χ3n) is 7.44. The number of unbranched alkanes of at least 4 members (excludes halogenated alkanes) is 18. The van der Waals surface area contributed by atoms with Crippen LogP contribution in [0.2, 0.25) is 0 Å². The lowest BCUT2D eigenvalue weighted by molar-refractivity contribution is 0.526. The van der Waals surface area contributed by atoms with E-state index in [-0.39, 0.29) is 5.56 Å². The van der Waals surface area contributed by atoms with Crippen molar-refractivity contribution >= 4 is 22.9 Å². The number of H-pyrrole nitrogens is 1. The molecule has 37 heavy (non-hydrogen) atoms. The van der Waals surface area contributed by atoms with Gasteiger partial charge in [-0.3, -0.25) is 14.3 Å². The number of hydrogen-bond donors (Lipinski definition) is 1. The lowest BCUT2D eigenvalue weighted by Crippen LogP contribution is -2.29. The van der Waals surface area contributed by atoms with E-state index in [0.717, 1.165) is 30.3 Å². The Morgan fingerprint density at radius 3 is 1.65 bits per heavy atom. The summed E-state index contributed by atoms with van der Waals surface area (Å²) in [5.41, 5.74) is 0.339. The summed E-state index contributed by atoms with van der Waals surface area (Å²) >= 11 is 1.74. The lowest BCUT2D eigenvalue weighted by Gasteiger charge is -2.09. The zero-order valence-electron chi connectivity index (χ0n) is 24.1. The molecule has 0 amide bonds. The van der Waals surface area contributed by atoms with Crippen molar-refractivity contribution in [3.05, 3.63) is 20.8 Å². The van der Waals surface area contributed by atoms with Gasteiger partial charge in [0.2, 0.25) is 0 Å². The van der Waals surface area contributed by atoms with E-state index in [1.807, 2.05) is 0 Å². The zero-order valence-corrected chi connectivity index (χ0v) is 24.9. The van der Waals surface area contributed by atoms with E-state index in [1.54, 1.807) is 18.8 Å². The Bertz CT molecular complexity index is 978. The van der Waals surface area contributed by atoms with Crippen molar-refractivity contribution in [1.82, 2.24) is 19.1 Å². The minimum Gasteiger partial charge on any atom is -0.313 e. The molecule has 0 fully saturated rings. The molecule has 0 radical (unpaired) electrons. The Morgan fingerprint density at radius 1 is 0.676 bits per heavy atom. The van der Waals surface area contributed by atoms with Crippen molar-refractivity contribution in [2.24, 2.45) is 7.05 Å². The number of thioether (sulfide) groups is 1. The van der Waals surface area contributed by atoms with Crippen LogP contribution in [0.3, 0.4) is 0 Å². The Balaban J connectivity index is 1.79. The molecule has 7 heteroatoms. The van der Waals surface area contributed by atoms with Gasteiger partial charge in [-0.2, -0.15) is 0 Å². The van der Waals surface area contributed by atoms with Gasteiger partial charge in [0.25, 0.3) is 5.56 Å². The van der Waals surface area contributed by atoms with Crippen LogP contribution in [0, 0.1) is 0 Å². The molecule has 0 saturated heterocycles. The number of aromatic nitrogens is 4. The largest absolute Gasteiger partial charge is 0.329 e. The number of nitrogens with zero attached hydrogens (tertiary/aromatic N) is 3. The molecule has 0 aliphatic carbocycles. The van der Waals surface area contributed by atoms with Crippen molar-refractivity contribution in [2.75, 3.05) is 5.75 Å². The normalized spacial score (nSPS) is 11.6. The molecular formula is C30H54N4O2S. The maximum atomic E-state index is 12.7. The topological polar surface area (TPSA) is 72.7 Å². The Kier molecular flexibility index (Phi) is 16.8. The number of aromatic amines is 1. The molecule has 2 rings (SSSR count). The van der Waals surface area contributed by atoms with E-state index in [9.17, 15) is 9.59 Å². The Labute approximate surface area is 229 Å². The van der Waals surface area contributed by atoms with Gasteiger partial charge in [-0.05, 0) is 12.8 Å². The van der Waals surface area contributed by atoms with Gasteiger partial charge in [-0.15, -0.1) is 0 Å². The Morgan fingerprint density at radius 2 is 1.14 bits per heavy atom. The second kappa shape index (κ2) is 19.6. The highest BCUT2D eigenvalue weighted by Gasteiger charge is 2.17. The second-order valence-corrected chi connectivity index (χ2v) is 11.8. The lowest BCUT2D eigenvalue weighted by atomic mass is 10.1. The van der Waals surface area contributed by atoms with Crippen molar-refractivity contribution in [3.63, 3.8) is 0 Å². The van der Waals surface area contributed by atoms with Crippen LogP contribution in [0.25, 0.3) is 11.2 Å². The maximum Gasteiger partial charge on any atom is 0.329 e. The molecule has 0 atom stereocenters. The average Bonchev–Trinajstić information content (AvgIpc) is 3.26.